The van der Waals surface area contributed by atoms with Gasteiger partial charge in [-0.25, -0.2) is 4.98 Å². The Kier molecular flexibility index (Phi) is 5.05. The number of likely N-dealkylation sites (tertiary alicyclic amines) is 1. The largest absolute Gasteiger partial charge is 0.493 e. The van der Waals surface area contributed by atoms with Crippen molar-refractivity contribution in [3.63, 3.8) is 0 Å². The molecule has 0 unspecified atom stereocenters. The number of carbonyl (C=O) groups excluding carboxylic acids is 1. The summed E-state index contributed by atoms with van der Waals surface area (Å²) >= 11 is 0. The lowest BCUT2D eigenvalue weighted by molar-refractivity contribution is 0.0737. The van der Waals surface area contributed by atoms with Gasteiger partial charge in [0.15, 0.2) is 17.3 Å². The number of nitrogens with zero attached hydrogens (tertiary/aromatic N) is 3. The van der Waals surface area contributed by atoms with E-state index in [1.807, 2.05) is 30.0 Å². The topological polar surface area (TPSA) is 90.8 Å². The molecule has 0 saturated carbocycles. The number of aryl methyl sites for hydroxylation is 1. The molecule has 1 aliphatic rings. The minimum absolute atomic E-state index is 0.0715. The zero-order valence-electron chi connectivity index (χ0n) is 18.1. The SMILES string of the molecule is COc1ccc([C@@H]2CCCN2C(=O)c2cc(-c3ccco3)nc3onc(C)c23)cc1OC. The highest BCUT2D eigenvalue weighted by molar-refractivity contribution is 6.07. The first-order valence-electron chi connectivity index (χ1n) is 10.4. The third kappa shape index (κ3) is 3.28. The second kappa shape index (κ2) is 8.03. The molecule has 8 nitrogen and oxygen atoms in total. The van der Waals surface area contributed by atoms with E-state index in [1.54, 1.807) is 38.7 Å². The second-order valence-corrected chi connectivity index (χ2v) is 7.75. The zero-order chi connectivity index (χ0) is 22.2. The average molecular weight is 433 g/mol. The van der Waals surface area contributed by atoms with Crippen LogP contribution in [-0.2, 0) is 0 Å². The molecule has 8 heteroatoms. The molecule has 4 heterocycles. The monoisotopic (exact) mass is 433 g/mol. The molecule has 1 aromatic carbocycles. The van der Waals surface area contributed by atoms with E-state index in [0.29, 0.717) is 51.9 Å². The van der Waals surface area contributed by atoms with Gasteiger partial charge in [-0.2, -0.15) is 0 Å². The van der Waals surface area contributed by atoms with Gasteiger partial charge < -0.3 is 23.3 Å². The molecule has 32 heavy (non-hydrogen) atoms. The second-order valence-electron chi connectivity index (χ2n) is 7.75. The van der Waals surface area contributed by atoms with Crippen molar-refractivity contribution in [2.75, 3.05) is 20.8 Å². The van der Waals surface area contributed by atoms with Gasteiger partial charge in [0.05, 0.1) is 43.2 Å². The quantitative estimate of drug-likeness (QED) is 0.447. The number of fused-ring (bicyclic) bond motifs is 1. The van der Waals surface area contributed by atoms with Gasteiger partial charge in [0, 0.05) is 6.54 Å². The maximum absolute atomic E-state index is 13.8. The summed E-state index contributed by atoms with van der Waals surface area (Å²) in [6.07, 6.45) is 3.34. The van der Waals surface area contributed by atoms with E-state index in [1.165, 1.54) is 0 Å². The van der Waals surface area contributed by atoms with Crippen molar-refractivity contribution in [3.05, 3.63) is 59.5 Å². The highest BCUT2D eigenvalue weighted by atomic mass is 16.5. The van der Waals surface area contributed by atoms with Crippen LogP contribution in [0.1, 0.15) is 40.5 Å². The first-order chi connectivity index (χ1) is 15.6. The minimum Gasteiger partial charge on any atom is -0.493 e. The number of ether oxygens (including phenoxy) is 2. The fourth-order valence-electron chi connectivity index (χ4n) is 4.39. The maximum atomic E-state index is 13.8. The highest BCUT2D eigenvalue weighted by Gasteiger charge is 2.33. The number of pyridine rings is 1. The Morgan fingerprint density at radius 2 is 2.00 bits per heavy atom. The first kappa shape index (κ1) is 20.1. The molecule has 0 aliphatic carbocycles. The van der Waals surface area contributed by atoms with E-state index in [0.717, 1.165) is 18.4 Å². The van der Waals surface area contributed by atoms with E-state index in [4.69, 9.17) is 18.4 Å². The Balaban J connectivity index is 1.57. The van der Waals surface area contributed by atoms with Crippen LogP contribution in [-0.4, -0.2) is 41.7 Å². The van der Waals surface area contributed by atoms with E-state index in [9.17, 15) is 4.79 Å². The van der Waals surface area contributed by atoms with Gasteiger partial charge in [0.25, 0.3) is 11.6 Å². The van der Waals surface area contributed by atoms with E-state index < -0.39 is 0 Å². The number of furan rings is 1. The van der Waals surface area contributed by atoms with Crippen molar-refractivity contribution >= 4 is 17.0 Å². The van der Waals surface area contributed by atoms with Crippen LogP contribution in [0.25, 0.3) is 22.6 Å². The number of benzene rings is 1. The van der Waals surface area contributed by atoms with Crippen molar-refractivity contribution < 1.29 is 23.2 Å². The molecular weight excluding hydrogens is 410 g/mol. The summed E-state index contributed by atoms with van der Waals surface area (Å²) in [7, 11) is 3.22. The first-order valence-corrected chi connectivity index (χ1v) is 10.4. The predicted octanol–water partition coefficient (Wildman–Crippen LogP) is 4.79. The van der Waals surface area contributed by atoms with Crippen molar-refractivity contribution in [1.82, 2.24) is 15.0 Å². The summed E-state index contributed by atoms with van der Waals surface area (Å²) in [5, 5.41) is 4.67. The smallest absolute Gasteiger partial charge is 0.259 e. The summed E-state index contributed by atoms with van der Waals surface area (Å²) in [5.74, 6) is 1.78. The van der Waals surface area contributed by atoms with Crippen LogP contribution >= 0.6 is 0 Å². The zero-order valence-corrected chi connectivity index (χ0v) is 18.1. The highest BCUT2D eigenvalue weighted by Crippen LogP contribution is 2.38. The Hall–Kier alpha value is -3.81. The average Bonchev–Trinajstić information content (AvgIpc) is 3.59. The summed E-state index contributed by atoms with van der Waals surface area (Å²) in [4.78, 5) is 20.2. The van der Waals surface area contributed by atoms with Crippen molar-refractivity contribution in [2.45, 2.75) is 25.8 Å². The maximum Gasteiger partial charge on any atom is 0.259 e. The van der Waals surface area contributed by atoms with Crippen LogP contribution < -0.4 is 9.47 Å². The summed E-state index contributed by atoms with van der Waals surface area (Å²) in [6.45, 7) is 2.47. The standard InChI is InChI=1S/C24H23N3O5/c1-14-22-16(13-17(19-7-5-11-31-19)25-23(22)32-26-14)24(28)27-10-4-6-18(27)15-8-9-20(29-2)21(12-15)30-3/h5,7-9,11-13,18H,4,6,10H2,1-3H3/t18-/m0/s1. The molecule has 0 N–H and O–H groups in total. The van der Waals surface area contributed by atoms with Crippen LogP contribution in [0.4, 0.5) is 0 Å². The molecule has 4 aromatic rings. The van der Waals surface area contributed by atoms with Gasteiger partial charge in [-0.05, 0) is 55.7 Å². The molecule has 0 bridgehead atoms. The van der Waals surface area contributed by atoms with Gasteiger partial charge in [-0.1, -0.05) is 11.2 Å². The van der Waals surface area contributed by atoms with Crippen molar-refractivity contribution in [2.24, 2.45) is 0 Å². The molecule has 0 radical (unpaired) electrons. The predicted molar refractivity (Wildman–Crippen MR) is 117 cm³/mol. The van der Waals surface area contributed by atoms with Crippen LogP contribution in [0.2, 0.25) is 0 Å². The third-order valence-corrected chi connectivity index (χ3v) is 5.93. The lowest BCUT2D eigenvalue weighted by Gasteiger charge is -2.26. The van der Waals surface area contributed by atoms with Crippen LogP contribution in [0.5, 0.6) is 11.5 Å². The molecule has 3 aromatic heterocycles. The van der Waals surface area contributed by atoms with E-state index >= 15 is 0 Å². The molecule has 0 spiro atoms. The molecule has 1 atom stereocenters. The Morgan fingerprint density at radius 1 is 1.16 bits per heavy atom. The van der Waals surface area contributed by atoms with Gasteiger partial charge in [-0.15, -0.1) is 0 Å². The number of amides is 1. The normalized spacial score (nSPS) is 16.0. The van der Waals surface area contributed by atoms with Crippen LogP contribution in [0, 0.1) is 6.92 Å². The molecule has 1 saturated heterocycles. The van der Waals surface area contributed by atoms with Gasteiger partial charge >= 0.3 is 0 Å². The summed E-state index contributed by atoms with van der Waals surface area (Å²) in [5.41, 5.74) is 2.99. The van der Waals surface area contributed by atoms with Crippen molar-refractivity contribution in [3.8, 4) is 23.0 Å². The van der Waals surface area contributed by atoms with E-state index in [2.05, 4.69) is 10.1 Å². The fourth-order valence-corrected chi connectivity index (χ4v) is 4.39. The van der Waals surface area contributed by atoms with Crippen molar-refractivity contribution in [1.29, 1.82) is 0 Å². The fraction of sp³-hybridized carbons (Fsp3) is 0.292. The minimum atomic E-state index is -0.0891. The number of hydrogen-bond donors (Lipinski definition) is 0. The number of rotatable bonds is 5. The molecule has 5 rings (SSSR count). The number of hydrogen-bond acceptors (Lipinski definition) is 7. The lowest BCUT2D eigenvalue weighted by atomic mass is 10.0. The summed E-state index contributed by atoms with van der Waals surface area (Å²) < 4.78 is 21.7. The molecule has 1 amide bonds. The molecule has 1 aliphatic heterocycles. The number of methoxy groups -OCH3 is 2. The van der Waals surface area contributed by atoms with Gasteiger partial charge in [0.2, 0.25) is 0 Å². The third-order valence-electron chi connectivity index (χ3n) is 5.93. The summed E-state index contributed by atoms with van der Waals surface area (Å²) in [6, 6.07) is 11.1. The lowest BCUT2D eigenvalue weighted by Crippen LogP contribution is -2.31. The van der Waals surface area contributed by atoms with Gasteiger partial charge in [0.1, 0.15) is 5.69 Å². The molecular formula is C24H23N3O5. The van der Waals surface area contributed by atoms with Crippen LogP contribution in [0.15, 0.2) is 51.6 Å². The Morgan fingerprint density at radius 3 is 2.75 bits per heavy atom. The van der Waals surface area contributed by atoms with Gasteiger partial charge in [-0.3, -0.25) is 4.79 Å². The molecule has 1 fully saturated rings. The number of carbonyl (C=O) groups is 1. The number of aromatic nitrogens is 2. The van der Waals surface area contributed by atoms with E-state index in [-0.39, 0.29) is 11.9 Å². The van der Waals surface area contributed by atoms with Crippen LogP contribution in [0.3, 0.4) is 0 Å². The Bertz CT molecular complexity index is 1280. The molecule has 164 valence electrons. The Labute approximate surface area is 184 Å².